The van der Waals surface area contributed by atoms with Crippen LogP contribution in [0.1, 0.15) is 93.9 Å². The molecule has 7 atom stereocenters. The summed E-state index contributed by atoms with van der Waals surface area (Å²) in [6.07, 6.45) is 8.40. The van der Waals surface area contributed by atoms with E-state index in [9.17, 15) is 9.90 Å². The molecule has 32 heavy (non-hydrogen) atoms. The Kier molecular flexibility index (Phi) is 6.82. The van der Waals surface area contributed by atoms with Gasteiger partial charge in [0.15, 0.2) is 0 Å². The minimum Gasteiger partial charge on any atom is -0.385 e. The second-order valence-corrected chi connectivity index (χ2v) is 13.1. The molecule has 0 aliphatic heterocycles. The van der Waals surface area contributed by atoms with Crippen LogP contribution < -0.4 is 0 Å². The van der Waals surface area contributed by atoms with Crippen molar-refractivity contribution in [2.24, 2.45) is 46.3 Å². The van der Waals surface area contributed by atoms with Crippen LogP contribution in [0, 0.1) is 46.3 Å². The Bertz CT molecular complexity index is 813. The minimum absolute atomic E-state index is 0.288. The zero-order valence-corrected chi connectivity index (χ0v) is 22.1. The van der Waals surface area contributed by atoms with E-state index in [2.05, 4.69) is 67.7 Å². The third-order valence-electron chi connectivity index (χ3n) is 10.1. The average molecular weight is 441 g/mol. The van der Waals surface area contributed by atoms with Crippen LogP contribution in [-0.2, 0) is 4.79 Å². The van der Waals surface area contributed by atoms with Crippen molar-refractivity contribution < 1.29 is 9.90 Å². The largest absolute Gasteiger partial charge is 0.385 e. The molecule has 6 aliphatic rings. The number of fused-ring (bicyclic) bond motifs is 4. The molecule has 6 saturated carbocycles. The Labute approximate surface area is 197 Å². The van der Waals surface area contributed by atoms with Crippen LogP contribution >= 0.6 is 0 Å². The van der Waals surface area contributed by atoms with E-state index in [0.29, 0.717) is 34.9 Å². The Morgan fingerprint density at radius 1 is 1.06 bits per heavy atom. The highest BCUT2D eigenvalue weighted by Crippen LogP contribution is 2.65. The number of allylic oxidation sites excluding steroid dienone is 2. The molecule has 2 nitrogen and oxygen atoms in total. The highest BCUT2D eigenvalue weighted by Gasteiger charge is 2.62. The summed E-state index contributed by atoms with van der Waals surface area (Å²) in [6.45, 7) is 25.4. The molecule has 0 unspecified atom stereocenters. The molecule has 0 heterocycles. The summed E-state index contributed by atoms with van der Waals surface area (Å²) in [7, 11) is 0. The van der Waals surface area contributed by atoms with E-state index < -0.39 is 5.60 Å². The zero-order valence-electron chi connectivity index (χ0n) is 22.1. The molecule has 6 fully saturated rings. The number of hydrogen-bond donors (Lipinski definition) is 1. The van der Waals surface area contributed by atoms with Gasteiger partial charge in [-0.25, -0.2) is 0 Å². The standard InChI is InChI=1S/2C15H24O/c1-9(2)6-10(3)12-7-11-8-13(14(12)16)15(11,4)5;1-6-11-7-12-8-13(14(12,4)5)15(11,16)9-10(2)3/h10-13H,1,6-8H2,2-5H3;6,12-13,16H,2,7-9H2,1,3-5H3/b;11-6+/t10-,11+,12-,13+;12-,13+,15+/m10/s1. The summed E-state index contributed by atoms with van der Waals surface area (Å²) in [5, 5.41) is 11.0. The number of hydrogen-bond acceptors (Lipinski definition) is 2. The third kappa shape index (κ3) is 4.10. The highest BCUT2D eigenvalue weighted by atomic mass is 16.3. The molecule has 0 radical (unpaired) electrons. The van der Waals surface area contributed by atoms with Gasteiger partial charge in [-0.1, -0.05) is 51.8 Å². The first kappa shape index (κ1) is 25.5. The van der Waals surface area contributed by atoms with Gasteiger partial charge in [0.05, 0.1) is 5.60 Å². The summed E-state index contributed by atoms with van der Waals surface area (Å²) in [5.41, 5.74) is 3.52. The quantitative estimate of drug-likeness (QED) is 0.448. The predicted molar refractivity (Wildman–Crippen MR) is 135 cm³/mol. The van der Waals surface area contributed by atoms with Gasteiger partial charge in [0.2, 0.25) is 0 Å². The summed E-state index contributed by atoms with van der Waals surface area (Å²) >= 11 is 0. The van der Waals surface area contributed by atoms with Gasteiger partial charge in [-0.2, -0.15) is 0 Å². The number of carbonyl (C=O) groups is 1. The Balaban J connectivity index is 0.000000181. The van der Waals surface area contributed by atoms with Gasteiger partial charge >= 0.3 is 0 Å². The maximum absolute atomic E-state index is 12.4. The zero-order chi connectivity index (χ0) is 24.2. The Morgan fingerprint density at radius 2 is 1.69 bits per heavy atom. The predicted octanol–water partition coefficient (Wildman–Crippen LogP) is 7.54. The van der Waals surface area contributed by atoms with Crippen molar-refractivity contribution in [3.63, 3.8) is 0 Å². The van der Waals surface area contributed by atoms with Crippen molar-refractivity contribution in [1.82, 2.24) is 0 Å². The summed E-state index contributed by atoms with van der Waals surface area (Å²) in [5.74, 6) is 3.67. The van der Waals surface area contributed by atoms with Gasteiger partial charge in [-0.3, -0.25) is 4.79 Å². The van der Waals surface area contributed by atoms with E-state index in [-0.39, 0.29) is 5.41 Å². The number of ketones is 1. The second kappa shape index (κ2) is 8.57. The highest BCUT2D eigenvalue weighted by molar-refractivity contribution is 5.87. The molecule has 0 saturated heterocycles. The molecule has 4 bridgehead atoms. The van der Waals surface area contributed by atoms with Crippen LogP contribution in [0.5, 0.6) is 0 Å². The van der Waals surface area contributed by atoms with Crippen molar-refractivity contribution in [2.75, 3.05) is 0 Å². The lowest BCUT2D eigenvalue weighted by molar-refractivity contribution is -0.168. The van der Waals surface area contributed by atoms with E-state index >= 15 is 0 Å². The van der Waals surface area contributed by atoms with Gasteiger partial charge < -0.3 is 5.11 Å². The van der Waals surface area contributed by atoms with Crippen LogP contribution in [0.2, 0.25) is 0 Å². The maximum Gasteiger partial charge on any atom is 0.139 e. The molecule has 6 aliphatic carbocycles. The molecule has 2 heteroatoms. The topological polar surface area (TPSA) is 37.3 Å². The first-order chi connectivity index (χ1) is 14.7. The molecule has 0 aromatic heterocycles. The number of Topliss-reactive ketones (excluding diaryl/α,β-unsaturated/α-hetero) is 1. The average Bonchev–Trinajstić information content (AvgIpc) is 2.66. The summed E-state index contributed by atoms with van der Waals surface area (Å²) in [4.78, 5) is 12.4. The molecule has 0 amide bonds. The van der Waals surface area contributed by atoms with Crippen LogP contribution in [0.15, 0.2) is 36.0 Å². The molecule has 0 aromatic carbocycles. The van der Waals surface area contributed by atoms with Gasteiger partial charge in [-0.05, 0) is 93.0 Å². The smallest absolute Gasteiger partial charge is 0.139 e. The first-order valence-electron chi connectivity index (χ1n) is 12.9. The fourth-order valence-corrected chi connectivity index (χ4v) is 7.69. The second-order valence-electron chi connectivity index (χ2n) is 13.1. The van der Waals surface area contributed by atoms with Crippen molar-refractivity contribution in [3.8, 4) is 0 Å². The van der Waals surface area contributed by atoms with Gasteiger partial charge in [0, 0.05) is 18.3 Å². The van der Waals surface area contributed by atoms with Crippen molar-refractivity contribution in [3.05, 3.63) is 36.0 Å². The molecule has 0 aromatic rings. The number of rotatable bonds is 5. The van der Waals surface area contributed by atoms with Crippen LogP contribution in [0.3, 0.4) is 0 Å². The van der Waals surface area contributed by atoms with E-state index in [4.69, 9.17) is 0 Å². The van der Waals surface area contributed by atoms with E-state index in [1.807, 2.05) is 6.92 Å². The molecule has 1 N–H and O–H groups in total. The lowest BCUT2D eigenvalue weighted by atomic mass is 9.42. The summed E-state index contributed by atoms with van der Waals surface area (Å²) in [6, 6.07) is 0. The van der Waals surface area contributed by atoms with Crippen molar-refractivity contribution in [1.29, 1.82) is 0 Å². The molecule has 0 spiro atoms. The minimum atomic E-state index is -0.612. The Morgan fingerprint density at radius 3 is 2.12 bits per heavy atom. The fourth-order valence-electron chi connectivity index (χ4n) is 7.69. The number of aliphatic hydroxyl groups is 1. The normalized spacial score (nSPS) is 40.3. The SMILES string of the molecule is C=C(C)C[C@@H](C)[C@H]1C[C@H]2C[C@@H](C1=O)C2(C)C.C=C(C)C[C@@]1(O)/C(=C/C)C[C@H]2C[C@@H]1C2(C)C. The number of carbonyl (C=O) groups excluding carboxylic acids is 1. The van der Waals surface area contributed by atoms with Gasteiger partial charge in [0.1, 0.15) is 5.78 Å². The lowest BCUT2D eigenvalue weighted by Crippen LogP contribution is -2.62. The molecule has 180 valence electrons. The summed E-state index contributed by atoms with van der Waals surface area (Å²) < 4.78 is 0. The fraction of sp³-hybridized carbons (Fsp3) is 0.767. The van der Waals surface area contributed by atoms with E-state index in [0.717, 1.165) is 49.5 Å². The van der Waals surface area contributed by atoms with Crippen molar-refractivity contribution in [2.45, 2.75) is 99.5 Å². The lowest BCUT2D eigenvalue weighted by Gasteiger charge is -2.64. The third-order valence-corrected chi connectivity index (χ3v) is 10.1. The maximum atomic E-state index is 12.4. The molecular weight excluding hydrogens is 392 g/mol. The van der Waals surface area contributed by atoms with E-state index in [1.165, 1.54) is 17.6 Å². The molecular formula is C30H48O2. The van der Waals surface area contributed by atoms with Crippen molar-refractivity contribution >= 4 is 5.78 Å². The van der Waals surface area contributed by atoms with Crippen LogP contribution in [-0.4, -0.2) is 16.5 Å². The van der Waals surface area contributed by atoms with Gasteiger partial charge in [0.25, 0.3) is 0 Å². The van der Waals surface area contributed by atoms with Gasteiger partial charge in [-0.15, -0.1) is 13.2 Å². The molecule has 6 rings (SSSR count). The monoisotopic (exact) mass is 440 g/mol. The van der Waals surface area contributed by atoms with Crippen LogP contribution in [0.4, 0.5) is 0 Å². The van der Waals surface area contributed by atoms with E-state index in [1.54, 1.807) is 0 Å². The first-order valence-corrected chi connectivity index (χ1v) is 12.9. The Hall–Kier alpha value is -1.15. The van der Waals surface area contributed by atoms with Crippen LogP contribution in [0.25, 0.3) is 0 Å².